The average Bonchev–Trinajstić information content (AvgIpc) is 2.37. The molecule has 0 radical (unpaired) electrons. The van der Waals surface area contributed by atoms with Crippen LogP contribution in [0.2, 0.25) is 19.6 Å². The Morgan fingerprint density at radius 2 is 1.80 bits per heavy atom. The van der Waals surface area contributed by atoms with Crippen LogP contribution in [0.5, 0.6) is 0 Å². The molecule has 0 amide bonds. The van der Waals surface area contributed by atoms with Gasteiger partial charge in [0, 0.05) is 12.3 Å². The maximum atomic E-state index is 12.4. The number of allylic oxidation sites excluding steroid dienone is 1. The molecule has 0 aromatic heterocycles. The summed E-state index contributed by atoms with van der Waals surface area (Å²) in [6.45, 7) is 9.12. The van der Waals surface area contributed by atoms with Crippen molar-refractivity contribution < 1.29 is 4.79 Å². The van der Waals surface area contributed by atoms with Gasteiger partial charge < -0.3 is 0 Å². The predicted octanol–water partition coefficient (Wildman–Crippen LogP) is 4.88. The first-order valence-corrected chi connectivity index (χ1v) is 11.2. The number of hydrogen-bond donors (Lipinski definition) is 0. The Hall–Kier alpha value is -1.15. The third kappa shape index (κ3) is 3.92. The molecule has 2 heteroatoms. The third-order valence-electron chi connectivity index (χ3n) is 4.02. The summed E-state index contributed by atoms with van der Waals surface area (Å²) in [4.78, 5) is 12.4. The molecule has 1 saturated carbocycles. The summed E-state index contributed by atoms with van der Waals surface area (Å²) in [6.07, 6.45) is 5.27. The van der Waals surface area contributed by atoms with Crippen molar-refractivity contribution in [3.63, 3.8) is 0 Å². The number of carbonyl (C=O) groups excluding carboxylic acids is 1. The second-order valence-electron chi connectivity index (χ2n) is 7.14. The maximum absolute atomic E-state index is 12.4. The van der Waals surface area contributed by atoms with Crippen molar-refractivity contribution in [1.29, 1.82) is 0 Å². The van der Waals surface area contributed by atoms with E-state index in [-0.39, 0.29) is 5.92 Å². The van der Waals surface area contributed by atoms with E-state index in [2.05, 4.69) is 62.6 Å². The molecule has 2 unspecified atom stereocenters. The van der Waals surface area contributed by atoms with Gasteiger partial charge in [0.15, 0.2) is 0 Å². The molecule has 1 aromatic rings. The zero-order valence-electron chi connectivity index (χ0n) is 13.1. The van der Waals surface area contributed by atoms with Crippen LogP contribution in [-0.2, 0) is 4.79 Å². The Kier molecular flexibility index (Phi) is 4.64. The lowest BCUT2D eigenvalue weighted by Gasteiger charge is -2.29. The van der Waals surface area contributed by atoms with Gasteiger partial charge in [-0.25, -0.2) is 0 Å². The van der Waals surface area contributed by atoms with Gasteiger partial charge >= 0.3 is 0 Å². The molecule has 108 valence electrons. The van der Waals surface area contributed by atoms with Gasteiger partial charge in [-0.15, -0.1) is 0 Å². The summed E-state index contributed by atoms with van der Waals surface area (Å²) < 4.78 is 0. The highest BCUT2D eigenvalue weighted by Gasteiger charge is 2.31. The predicted molar refractivity (Wildman–Crippen MR) is 88.8 cm³/mol. The molecule has 0 aliphatic heterocycles. The van der Waals surface area contributed by atoms with E-state index in [1.165, 1.54) is 11.1 Å². The van der Waals surface area contributed by atoms with Crippen molar-refractivity contribution in [3.05, 3.63) is 47.2 Å². The lowest BCUT2D eigenvalue weighted by molar-refractivity contribution is -0.122. The second-order valence-corrected chi connectivity index (χ2v) is 12.2. The minimum absolute atomic E-state index is 0.0805. The van der Waals surface area contributed by atoms with Crippen molar-refractivity contribution in [1.82, 2.24) is 0 Å². The first kappa shape index (κ1) is 15.2. The molecule has 20 heavy (non-hydrogen) atoms. The lowest BCUT2D eigenvalue weighted by Crippen LogP contribution is -2.26. The van der Waals surface area contributed by atoms with E-state index < -0.39 is 8.07 Å². The summed E-state index contributed by atoms with van der Waals surface area (Å²) >= 11 is 0. The van der Waals surface area contributed by atoms with E-state index >= 15 is 0 Å². The maximum Gasteiger partial charge on any atom is 0.140 e. The van der Waals surface area contributed by atoms with Crippen LogP contribution < -0.4 is 0 Å². The number of ketones is 1. The normalized spacial score (nSPS) is 24.3. The fourth-order valence-electron chi connectivity index (χ4n) is 2.90. The first-order valence-electron chi connectivity index (χ1n) is 7.65. The largest absolute Gasteiger partial charge is 0.299 e. The number of benzene rings is 1. The molecule has 1 aliphatic rings. The van der Waals surface area contributed by atoms with Crippen molar-refractivity contribution in [3.8, 4) is 0 Å². The summed E-state index contributed by atoms with van der Waals surface area (Å²) in [5.74, 6) is 0.896. The molecule has 0 spiro atoms. The van der Waals surface area contributed by atoms with Gasteiger partial charge in [0.25, 0.3) is 0 Å². The van der Waals surface area contributed by atoms with E-state index in [1.807, 2.05) is 0 Å². The molecule has 1 aliphatic carbocycles. The molecule has 0 N–H and O–H groups in total. The molecular formula is C18H26OSi. The van der Waals surface area contributed by atoms with Gasteiger partial charge in [0.1, 0.15) is 5.78 Å². The van der Waals surface area contributed by atoms with Crippen LogP contribution in [0.3, 0.4) is 0 Å². The van der Waals surface area contributed by atoms with Crippen molar-refractivity contribution in [2.75, 3.05) is 0 Å². The van der Waals surface area contributed by atoms with Gasteiger partial charge in [0.2, 0.25) is 0 Å². The minimum Gasteiger partial charge on any atom is -0.299 e. The van der Waals surface area contributed by atoms with Crippen molar-refractivity contribution >= 4 is 13.9 Å². The first-order chi connectivity index (χ1) is 9.37. The SMILES string of the molecule is Cc1ccc(C2C(=O)CCCC2/C=C/[Si](C)(C)C)cc1. The minimum atomic E-state index is -1.19. The quantitative estimate of drug-likeness (QED) is 0.724. The van der Waals surface area contributed by atoms with E-state index in [9.17, 15) is 4.79 Å². The monoisotopic (exact) mass is 286 g/mol. The molecule has 0 saturated heterocycles. The van der Waals surface area contributed by atoms with Crippen molar-refractivity contribution in [2.24, 2.45) is 5.92 Å². The Labute approximate surface area is 124 Å². The fraction of sp³-hybridized carbons (Fsp3) is 0.500. The fourth-order valence-corrected chi connectivity index (χ4v) is 3.72. The van der Waals surface area contributed by atoms with Crippen LogP contribution in [0.1, 0.15) is 36.3 Å². The third-order valence-corrected chi connectivity index (χ3v) is 5.21. The Morgan fingerprint density at radius 1 is 1.15 bits per heavy atom. The molecule has 1 nitrogen and oxygen atoms in total. The summed E-state index contributed by atoms with van der Waals surface area (Å²) in [5.41, 5.74) is 4.86. The number of hydrogen-bond acceptors (Lipinski definition) is 1. The molecule has 1 fully saturated rings. The topological polar surface area (TPSA) is 17.1 Å². The molecule has 0 bridgehead atoms. The van der Waals surface area contributed by atoms with Crippen LogP contribution in [0, 0.1) is 12.8 Å². The summed E-state index contributed by atoms with van der Waals surface area (Å²) in [6, 6.07) is 8.52. The van der Waals surface area contributed by atoms with Gasteiger partial charge in [-0.05, 0) is 31.2 Å². The molecule has 2 atom stereocenters. The Balaban J connectivity index is 2.27. The van der Waals surface area contributed by atoms with Crippen LogP contribution >= 0.6 is 0 Å². The molecule has 0 heterocycles. The van der Waals surface area contributed by atoms with Gasteiger partial charge in [-0.1, -0.05) is 61.2 Å². The lowest BCUT2D eigenvalue weighted by atomic mass is 9.74. The van der Waals surface area contributed by atoms with E-state index in [0.29, 0.717) is 11.7 Å². The van der Waals surface area contributed by atoms with Gasteiger partial charge in [-0.3, -0.25) is 4.79 Å². The summed E-state index contributed by atoms with van der Waals surface area (Å²) in [7, 11) is -1.19. The van der Waals surface area contributed by atoms with Gasteiger partial charge in [-0.2, -0.15) is 0 Å². The number of Topliss-reactive ketones (excluding diaryl/α,β-unsaturated/α-hetero) is 1. The smallest absolute Gasteiger partial charge is 0.140 e. The average molecular weight is 286 g/mol. The van der Waals surface area contributed by atoms with Gasteiger partial charge in [0.05, 0.1) is 8.07 Å². The molecule has 1 aromatic carbocycles. The van der Waals surface area contributed by atoms with Crippen LogP contribution in [0.25, 0.3) is 0 Å². The Morgan fingerprint density at radius 3 is 2.40 bits per heavy atom. The molecule has 2 rings (SSSR count). The second kappa shape index (κ2) is 6.09. The van der Waals surface area contributed by atoms with Crippen LogP contribution in [0.15, 0.2) is 36.0 Å². The highest BCUT2D eigenvalue weighted by Crippen LogP contribution is 2.36. The van der Waals surface area contributed by atoms with Crippen LogP contribution in [0.4, 0.5) is 0 Å². The number of rotatable bonds is 3. The zero-order valence-corrected chi connectivity index (χ0v) is 14.1. The zero-order chi connectivity index (χ0) is 14.8. The highest BCUT2D eigenvalue weighted by molar-refractivity contribution is 6.80. The van der Waals surface area contributed by atoms with E-state index in [1.54, 1.807) is 0 Å². The number of aryl methyl sites for hydroxylation is 1. The standard InChI is InChI=1S/C18H26OSi/c1-14-8-10-16(11-9-14)18-15(6-5-7-17(18)19)12-13-20(2,3)4/h8-13,15,18H,5-7H2,1-4H3/b13-12+. The highest BCUT2D eigenvalue weighted by atomic mass is 28.3. The van der Waals surface area contributed by atoms with Crippen LogP contribution in [-0.4, -0.2) is 13.9 Å². The summed E-state index contributed by atoms with van der Waals surface area (Å²) in [5, 5.41) is 0. The van der Waals surface area contributed by atoms with E-state index in [0.717, 1.165) is 19.3 Å². The Bertz CT molecular complexity index is 493. The molecular weight excluding hydrogens is 260 g/mol. The van der Waals surface area contributed by atoms with E-state index in [4.69, 9.17) is 0 Å². The number of carbonyl (C=O) groups is 1. The van der Waals surface area contributed by atoms with Crippen molar-refractivity contribution in [2.45, 2.75) is 51.7 Å².